The monoisotopic (exact) mass is 560 g/mol. The molecule has 1 N–H and O–H groups in total. The molecule has 1 heterocycles. The Morgan fingerprint density at radius 1 is 0.927 bits per heavy atom. The minimum absolute atomic E-state index is 0.431. The van der Waals surface area contributed by atoms with Gasteiger partial charge >= 0.3 is 12.1 Å². The summed E-state index contributed by atoms with van der Waals surface area (Å²) in [6, 6.07) is 25.3. The first-order chi connectivity index (χ1) is 19.4. The van der Waals surface area contributed by atoms with Gasteiger partial charge < -0.3 is 14.6 Å². The van der Waals surface area contributed by atoms with Crippen LogP contribution in [0.1, 0.15) is 42.2 Å². The molecular weight excluding hydrogens is 533 g/mol. The number of benzene rings is 4. The second-order valence-electron chi connectivity index (χ2n) is 10.1. The highest BCUT2D eigenvalue weighted by Crippen LogP contribution is 2.36. The van der Waals surface area contributed by atoms with Gasteiger partial charge in [0.15, 0.2) is 5.60 Å². The summed E-state index contributed by atoms with van der Waals surface area (Å²) in [5.41, 5.74) is 1.48. The number of aryl methyl sites for hydroxylation is 1. The van der Waals surface area contributed by atoms with Gasteiger partial charge in [-0.3, -0.25) is 0 Å². The maximum Gasteiger partial charge on any atom is 0.416 e. The van der Waals surface area contributed by atoms with E-state index in [9.17, 15) is 23.1 Å². The minimum Gasteiger partial charge on any atom is -0.481 e. The largest absolute Gasteiger partial charge is 0.481 e. The number of alkyl halides is 3. The van der Waals surface area contributed by atoms with E-state index in [-0.39, 0.29) is 0 Å². The van der Waals surface area contributed by atoms with Gasteiger partial charge in [-0.1, -0.05) is 42.5 Å². The van der Waals surface area contributed by atoms with Gasteiger partial charge in [0.05, 0.1) is 23.0 Å². The molecule has 41 heavy (non-hydrogen) atoms. The van der Waals surface area contributed by atoms with Crippen molar-refractivity contribution in [3.05, 3.63) is 119 Å². The van der Waals surface area contributed by atoms with Gasteiger partial charge in [-0.2, -0.15) is 18.3 Å². The van der Waals surface area contributed by atoms with Gasteiger partial charge in [-0.25, -0.2) is 9.48 Å². The predicted octanol–water partition coefficient (Wildman–Crippen LogP) is 7.76. The van der Waals surface area contributed by atoms with Crippen LogP contribution in [0, 0.1) is 6.92 Å². The molecule has 0 spiro atoms. The number of aliphatic carboxylic acids is 1. The van der Waals surface area contributed by atoms with E-state index in [0.717, 1.165) is 28.6 Å². The molecule has 210 valence electrons. The molecule has 1 unspecified atom stereocenters. The smallest absolute Gasteiger partial charge is 0.416 e. The van der Waals surface area contributed by atoms with Crippen LogP contribution in [-0.2, 0) is 11.0 Å². The predicted molar refractivity (Wildman–Crippen MR) is 149 cm³/mol. The lowest BCUT2D eigenvalue weighted by Gasteiger charge is -2.24. The summed E-state index contributed by atoms with van der Waals surface area (Å²) in [6.45, 7) is 4.78. The number of ether oxygens (including phenoxy) is 2. The SMILES string of the molecule is Cc1cc(OC(c2ccccc2)c2cccc3c2cnn3-c2ccc(C(F)(F)F)cc2)ccc1OC(C)(C)C(=O)O. The van der Waals surface area contributed by atoms with Crippen LogP contribution in [0.4, 0.5) is 13.2 Å². The zero-order chi connectivity index (χ0) is 29.4. The number of nitrogens with zero attached hydrogens (tertiary/aromatic N) is 2. The third kappa shape index (κ3) is 5.75. The molecule has 0 bridgehead atoms. The number of hydrogen-bond acceptors (Lipinski definition) is 4. The number of halogens is 3. The molecule has 0 aliphatic carbocycles. The zero-order valence-corrected chi connectivity index (χ0v) is 22.5. The number of hydrogen-bond donors (Lipinski definition) is 1. The molecule has 0 radical (unpaired) electrons. The van der Waals surface area contributed by atoms with E-state index >= 15 is 0 Å². The molecule has 6 nitrogen and oxygen atoms in total. The van der Waals surface area contributed by atoms with Crippen molar-refractivity contribution in [3.63, 3.8) is 0 Å². The van der Waals surface area contributed by atoms with Gasteiger partial charge in [0.2, 0.25) is 0 Å². The molecule has 1 atom stereocenters. The van der Waals surface area contributed by atoms with Crippen molar-refractivity contribution in [1.29, 1.82) is 0 Å². The van der Waals surface area contributed by atoms with Crippen LogP contribution in [0.5, 0.6) is 11.5 Å². The molecule has 9 heteroatoms. The Balaban J connectivity index is 1.52. The Morgan fingerprint density at radius 2 is 1.63 bits per heavy atom. The molecule has 1 aromatic heterocycles. The number of fused-ring (bicyclic) bond motifs is 1. The van der Waals surface area contributed by atoms with Gasteiger partial charge in [0.1, 0.15) is 17.6 Å². The highest BCUT2D eigenvalue weighted by Gasteiger charge is 2.31. The molecule has 0 fully saturated rings. The summed E-state index contributed by atoms with van der Waals surface area (Å²) in [7, 11) is 0. The van der Waals surface area contributed by atoms with Crippen LogP contribution < -0.4 is 9.47 Å². The second-order valence-corrected chi connectivity index (χ2v) is 10.1. The number of rotatable bonds is 8. The average Bonchev–Trinajstić information content (AvgIpc) is 3.38. The Labute approximate surface area is 234 Å². The highest BCUT2D eigenvalue weighted by atomic mass is 19.4. The van der Waals surface area contributed by atoms with Crippen molar-refractivity contribution < 1.29 is 32.5 Å². The van der Waals surface area contributed by atoms with E-state index in [1.165, 1.54) is 26.0 Å². The third-order valence-electron chi connectivity index (χ3n) is 6.75. The molecule has 5 aromatic rings. The fourth-order valence-corrected chi connectivity index (χ4v) is 4.50. The topological polar surface area (TPSA) is 73.6 Å². The maximum atomic E-state index is 13.1. The van der Waals surface area contributed by atoms with Gasteiger partial charge in [-0.15, -0.1) is 0 Å². The maximum absolute atomic E-state index is 13.1. The van der Waals surface area contributed by atoms with E-state index in [4.69, 9.17) is 9.47 Å². The first kappa shape index (κ1) is 27.8. The van der Waals surface area contributed by atoms with Crippen LogP contribution in [-0.4, -0.2) is 26.5 Å². The summed E-state index contributed by atoms with van der Waals surface area (Å²) >= 11 is 0. The second kappa shape index (κ2) is 10.6. The summed E-state index contributed by atoms with van der Waals surface area (Å²) < 4.78 is 53.1. The van der Waals surface area contributed by atoms with Crippen molar-refractivity contribution in [2.24, 2.45) is 0 Å². The quantitative estimate of drug-likeness (QED) is 0.210. The van der Waals surface area contributed by atoms with Crippen molar-refractivity contribution >= 4 is 16.9 Å². The number of carbonyl (C=O) groups is 1. The number of carboxylic acid groups (broad SMARTS) is 1. The molecular formula is C32H27F3N2O4. The molecule has 0 saturated carbocycles. The van der Waals surface area contributed by atoms with Gasteiger partial charge in [0, 0.05) is 10.9 Å². The first-order valence-electron chi connectivity index (χ1n) is 12.8. The van der Waals surface area contributed by atoms with Crippen LogP contribution in [0.3, 0.4) is 0 Å². The molecule has 0 amide bonds. The molecule has 0 aliphatic heterocycles. The molecule has 0 aliphatic rings. The Kier molecular flexibility index (Phi) is 7.21. The van der Waals surface area contributed by atoms with Crippen molar-refractivity contribution in [1.82, 2.24) is 9.78 Å². The Hall–Kier alpha value is -4.79. The van der Waals surface area contributed by atoms with E-state index in [0.29, 0.717) is 28.3 Å². The molecule has 4 aromatic carbocycles. The summed E-state index contributed by atoms with van der Waals surface area (Å²) in [5.74, 6) is -0.101. The lowest BCUT2D eigenvalue weighted by atomic mass is 9.98. The van der Waals surface area contributed by atoms with Gasteiger partial charge in [-0.05, 0) is 80.4 Å². The average molecular weight is 561 g/mol. The van der Waals surface area contributed by atoms with Crippen molar-refractivity contribution in [2.45, 2.75) is 38.7 Å². The first-order valence-corrected chi connectivity index (χ1v) is 12.8. The Bertz CT molecular complexity index is 1690. The Morgan fingerprint density at radius 3 is 2.27 bits per heavy atom. The normalized spacial score (nSPS) is 12.7. The van der Waals surface area contributed by atoms with Crippen LogP contribution in [0.25, 0.3) is 16.6 Å². The number of carboxylic acids is 1. The fraction of sp³-hybridized carbons (Fsp3) is 0.188. The van der Waals surface area contributed by atoms with Crippen LogP contribution in [0.2, 0.25) is 0 Å². The lowest BCUT2D eigenvalue weighted by molar-refractivity contribution is -0.152. The van der Waals surface area contributed by atoms with Gasteiger partial charge in [0.25, 0.3) is 0 Å². The highest BCUT2D eigenvalue weighted by molar-refractivity contribution is 5.84. The fourth-order valence-electron chi connectivity index (χ4n) is 4.50. The zero-order valence-electron chi connectivity index (χ0n) is 22.5. The van der Waals surface area contributed by atoms with Crippen LogP contribution in [0.15, 0.2) is 97.2 Å². The van der Waals surface area contributed by atoms with E-state index in [1.54, 1.807) is 29.1 Å². The molecule has 5 rings (SSSR count). The third-order valence-corrected chi connectivity index (χ3v) is 6.75. The van der Waals surface area contributed by atoms with Crippen molar-refractivity contribution in [2.75, 3.05) is 0 Å². The summed E-state index contributed by atoms with van der Waals surface area (Å²) in [5, 5.41) is 14.7. The van der Waals surface area contributed by atoms with E-state index in [2.05, 4.69) is 5.10 Å². The molecule has 0 saturated heterocycles. The van der Waals surface area contributed by atoms with E-state index in [1.807, 2.05) is 55.5 Å². The number of aromatic nitrogens is 2. The summed E-state index contributed by atoms with van der Waals surface area (Å²) in [4.78, 5) is 11.5. The van der Waals surface area contributed by atoms with Crippen molar-refractivity contribution in [3.8, 4) is 17.2 Å². The standard InChI is InChI=1S/C32H27F3N2O4/c1-20-18-24(16-17-28(20)41-31(2,3)30(38)39)40-29(21-8-5-4-6-9-21)25-10-7-11-27-26(25)19-36-37(27)23-14-12-22(13-15-23)32(33,34)35/h4-19,29H,1-3H3,(H,38,39). The van der Waals surface area contributed by atoms with Crippen LogP contribution >= 0.6 is 0 Å². The summed E-state index contributed by atoms with van der Waals surface area (Å²) in [6.07, 6.45) is -3.29. The van der Waals surface area contributed by atoms with E-state index < -0.39 is 29.4 Å². The minimum atomic E-state index is -4.42. The lowest BCUT2D eigenvalue weighted by Crippen LogP contribution is -2.38.